The minimum absolute atomic E-state index is 0.206. The SMILES string of the molecule is CCOC(=O)CCCc1ccc(-c2c(-c3ccc(CCCC(=O)OCC)cc3)c(-c3ccc(CCCC(=O)OCC)cc3)c3nn(CCCC(=O)OCC)nc3c2-c2ccc(CCCC(=O)OCC)cc2)cc1. The number of carbonyl (C=O) groups is 5. The van der Waals surface area contributed by atoms with Crippen LogP contribution in [0.4, 0.5) is 0 Å². The van der Waals surface area contributed by atoms with Crippen molar-refractivity contribution in [1.82, 2.24) is 15.0 Å². The van der Waals surface area contributed by atoms with Crippen LogP contribution >= 0.6 is 0 Å². The molecule has 0 unspecified atom stereocenters. The van der Waals surface area contributed by atoms with Crippen LogP contribution in [0, 0.1) is 0 Å². The fourth-order valence-corrected chi connectivity index (χ4v) is 9.04. The van der Waals surface area contributed by atoms with Crippen molar-refractivity contribution in [3.63, 3.8) is 0 Å². The summed E-state index contributed by atoms with van der Waals surface area (Å²) in [6.07, 6.45) is 7.44. The lowest BCUT2D eigenvalue weighted by Gasteiger charge is -2.22. The van der Waals surface area contributed by atoms with E-state index in [1.807, 2.05) is 27.7 Å². The van der Waals surface area contributed by atoms with Crippen LogP contribution in [0.2, 0.25) is 0 Å². The third-order valence-electron chi connectivity index (χ3n) is 12.5. The number of hydrogen-bond acceptors (Lipinski definition) is 12. The summed E-state index contributed by atoms with van der Waals surface area (Å²) in [6.45, 7) is 11.1. The van der Waals surface area contributed by atoms with Crippen LogP contribution in [0.5, 0.6) is 0 Å². The standard InChI is InChI=1S/C60H71N3O10/c1-6-69-50(64)20-11-16-42-25-33-46(34-26-42)55-56(47-35-27-43(28-36-47)17-12-21-51(65)70-7-2)58(49-39-31-45(32-40-49)19-14-23-53(67)72-9-4)60-59(61-63(62-60)41-15-24-54(68)73-10-5)57(55)48-37-29-44(30-38-48)18-13-22-52(66)71-8-3/h25-40H,6-24,41H2,1-5H3. The predicted octanol–water partition coefficient (Wildman–Crippen LogP) is 12.0. The minimum atomic E-state index is -0.275. The van der Waals surface area contributed by atoms with Crippen molar-refractivity contribution in [3.8, 4) is 44.5 Å². The van der Waals surface area contributed by atoms with E-state index in [2.05, 4.69) is 97.1 Å². The lowest BCUT2D eigenvalue weighted by molar-refractivity contribution is -0.144. The van der Waals surface area contributed by atoms with Gasteiger partial charge in [0.05, 0.1) is 39.6 Å². The summed E-state index contributed by atoms with van der Waals surface area (Å²) in [7, 11) is 0. The number of hydrogen-bond donors (Lipinski definition) is 0. The third kappa shape index (κ3) is 16.2. The first-order chi connectivity index (χ1) is 35.5. The molecule has 0 spiro atoms. The topological polar surface area (TPSA) is 162 Å². The first kappa shape index (κ1) is 55.2. The molecule has 0 amide bonds. The monoisotopic (exact) mass is 994 g/mol. The van der Waals surface area contributed by atoms with E-state index < -0.39 is 0 Å². The Bertz CT molecular complexity index is 2570. The second-order valence-corrected chi connectivity index (χ2v) is 17.8. The number of esters is 5. The Labute approximate surface area is 429 Å². The molecule has 0 N–H and O–H groups in total. The van der Waals surface area contributed by atoms with E-state index >= 15 is 0 Å². The minimum Gasteiger partial charge on any atom is -0.466 e. The molecule has 13 heteroatoms. The first-order valence-electron chi connectivity index (χ1n) is 26.2. The van der Waals surface area contributed by atoms with Gasteiger partial charge in [-0.25, -0.2) is 0 Å². The average Bonchev–Trinajstić information content (AvgIpc) is 3.80. The van der Waals surface area contributed by atoms with Crippen molar-refractivity contribution in [2.24, 2.45) is 0 Å². The van der Waals surface area contributed by atoms with E-state index in [0.29, 0.717) is 134 Å². The normalized spacial score (nSPS) is 11.1. The van der Waals surface area contributed by atoms with Crippen molar-refractivity contribution >= 4 is 40.9 Å². The van der Waals surface area contributed by atoms with E-state index in [4.69, 9.17) is 33.9 Å². The van der Waals surface area contributed by atoms with Gasteiger partial charge in [0.15, 0.2) is 0 Å². The molecule has 73 heavy (non-hydrogen) atoms. The highest BCUT2D eigenvalue weighted by atomic mass is 16.5. The van der Waals surface area contributed by atoms with Gasteiger partial charge in [0, 0.05) is 54.4 Å². The molecular weight excluding hydrogens is 923 g/mol. The second kappa shape index (κ2) is 28.8. The molecule has 386 valence electrons. The molecule has 0 aliphatic heterocycles. The van der Waals surface area contributed by atoms with Crippen LogP contribution in [-0.2, 0) is 79.9 Å². The van der Waals surface area contributed by atoms with Crippen molar-refractivity contribution < 1.29 is 47.7 Å². The molecule has 0 radical (unpaired) electrons. The summed E-state index contributed by atoms with van der Waals surface area (Å²) < 4.78 is 26.0. The molecule has 0 saturated carbocycles. The molecule has 0 fully saturated rings. The summed E-state index contributed by atoms with van der Waals surface area (Å²) in [5.74, 6) is -1.10. The Balaban J connectivity index is 1.57. The summed E-state index contributed by atoms with van der Waals surface area (Å²) >= 11 is 0. The van der Waals surface area contributed by atoms with Crippen LogP contribution in [0.15, 0.2) is 97.1 Å². The zero-order chi connectivity index (χ0) is 52.0. The van der Waals surface area contributed by atoms with Gasteiger partial charge in [-0.2, -0.15) is 15.0 Å². The van der Waals surface area contributed by atoms with Crippen molar-refractivity contribution in [1.29, 1.82) is 0 Å². The van der Waals surface area contributed by atoms with Gasteiger partial charge in [-0.05, 0) is 137 Å². The second-order valence-electron chi connectivity index (χ2n) is 17.8. The van der Waals surface area contributed by atoms with E-state index in [9.17, 15) is 24.0 Å². The average molecular weight is 994 g/mol. The molecule has 0 atom stereocenters. The lowest BCUT2D eigenvalue weighted by atomic mass is 9.81. The Morgan fingerprint density at radius 2 is 0.575 bits per heavy atom. The fraction of sp³-hybridized carbons (Fsp3) is 0.417. The van der Waals surface area contributed by atoms with Gasteiger partial charge < -0.3 is 23.7 Å². The predicted molar refractivity (Wildman–Crippen MR) is 283 cm³/mol. The molecule has 6 rings (SSSR count). The molecule has 6 aromatic rings. The highest BCUT2D eigenvalue weighted by Crippen LogP contribution is 2.50. The smallest absolute Gasteiger partial charge is 0.305 e. The van der Waals surface area contributed by atoms with Crippen LogP contribution < -0.4 is 0 Å². The molecule has 0 saturated heterocycles. The number of aromatic nitrogens is 3. The molecule has 5 aromatic carbocycles. The fourth-order valence-electron chi connectivity index (χ4n) is 9.04. The Hall–Kier alpha value is -7.15. The number of nitrogens with zero attached hydrogens (tertiary/aromatic N) is 3. The molecular formula is C60H71N3O10. The molecule has 1 heterocycles. The van der Waals surface area contributed by atoms with Gasteiger partial charge in [0.2, 0.25) is 0 Å². The van der Waals surface area contributed by atoms with Crippen LogP contribution in [0.25, 0.3) is 55.5 Å². The van der Waals surface area contributed by atoms with E-state index in [0.717, 1.165) is 66.8 Å². The number of aryl methyl sites for hydroxylation is 5. The van der Waals surface area contributed by atoms with Gasteiger partial charge in [-0.1, -0.05) is 97.1 Å². The lowest BCUT2D eigenvalue weighted by Crippen LogP contribution is -2.08. The van der Waals surface area contributed by atoms with Crippen molar-refractivity contribution in [2.75, 3.05) is 33.0 Å². The van der Waals surface area contributed by atoms with Gasteiger partial charge in [-0.3, -0.25) is 24.0 Å². The number of carbonyl (C=O) groups excluding carboxylic acids is 5. The number of ether oxygens (including phenoxy) is 5. The summed E-state index contributed by atoms with van der Waals surface area (Å²) in [5.41, 5.74) is 13.1. The Morgan fingerprint density at radius 1 is 0.342 bits per heavy atom. The molecule has 13 nitrogen and oxygen atoms in total. The van der Waals surface area contributed by atoms with Crippen LogP contribution in [-0.4, -0.2) is 77.9 Å². The Morgan fingerprint density at radius 3 is 0.822 bits per heavy atom. The summed E-state index contributed by atoms with van der Waals surface area (Å²) in [6, 6.07) is 33.9. The van der Waals surface area contributed by atoms with E-state index in [1.165, 1.54) is 0 Å². The largest absolute Gasteiger partial charge is 0.466 e. The maximum Gasteiger partial charge on any atom is 0.305 e. The van der Waals surface area contributed by atoms with Gasteiger partial charge in [0.1, 0.15) is 11.0 Å². The maximum absolute atomic E-state index is 12.5. The zero-order valence-electron chi connectivity index (χ0n) is 43.3. The first-order valence-corrected chi connectivity index (χ1v) is 26.2. The highest BCUT2D eigenvalue weighted by Gasteiger charge is 2.28. The van der Waals surface area contributed by atoms with Crippen LogP contribution in [0.1, 0.15) is 121 Å². The summed E-state index contributed by atoms with van der Waals surface area (Å²) in [4.78, 5) is 63.1. The number of rotatable bonds is 29. The maximum atomic E-state index is 12.5. The number of fused-ring (bicyclic) bond motifs is 1. The molecule has 0 aliphatic carbocycles. The van der Waals surface area contributed by atoms with Gasteiger partial charge in [0.25, 0.3) is 0 Å². The highest BCUT2D eigenvalue weighted by molar-refractivity contribution is 6.15. The Kier molecular flexibility index (Phi) is 21.7. The molecule has 0 bridgehead atoms. The van der Waals surface area contributed by atoms with E-state index in [1.54, 1.807) is 11.7 Å². The van der Waals surface area contributed by atoms with Crippen LogP contribution in [0.3, 0.4) is 0 Å². The summed E-state index contributed by atoms with van der Waals surface area (Å²) in [5, 5.41) is 10.6. The van der Waals surface area contributed by atoms with Crippen molar-refractivity contribution in [3.05, 3.63) is 119 Å². The quantitative estimate of drug-likeness (QED) is 0.0323. The van der Waals surface area contributed by atoms with E-state index in [-0.39, 0.29) is 36.3 Å². The third-order valence-corrected chi connectivity index (χ3v) is 12.5. The van der Waals surface area contributed by atoms with Gasteiger partial charge >= 0.3 is 29.8 Å². The number of benzene rings is 5. The molecule has 0 aliphatic rings. The zero-order valence-corrected chi connectivity index (χ0v) is 43.3. The molecule has 1 aromatic heterocycles. The van der Waals surface area contributed by atoms with Gasteiger partial charge in [-0.15, -0.1) is 0 Å². The van der Waals surface area contributed by atoms with Crippen molar-refractivity contribution in [2.45, 2.75) is 131 Å².